The van der Waals surface area contributed by atoms with E-state index in [9.17, 15) is 4.79 Å². The van der Waals surface area contributed by atoms with Crippen LogP contribution in [0.15, 0.2) is 58.2 Å². The van der Waals surface area contributed by atoms with Crippen molar-refractivity contribution < 1.29 is 18.7 Å². The quantitative estimate of drug-likeness (QED) is 0.596. The molecule has 0 saturated heterocycles. The van der Waals surface area contributed by atoms with E-state index in [1.807, 2.05) is 48.5 Å². The van der Waals surface area contributed by atoms with Crippen LogP contribution in [-0.2, 0) is 11.3 Å². The number of hydrogen-bond acceptors (Lipinski definition) is 7. The van der Waals surface area contributed by atoms with Gasteiger partial charge in [0.1, 0.15) is 11.5 Å². The lowest BCUT2D eigenvalue weighted by Crippen LogP contribution is -2.24. The second-order valence-corrected chi connectivity index (χ2v) is 6.42. The minimum absolute atomic E-state index is 0.125. The molecule has 8 heteroatoms. The number of nitrogens with zero attached hydrogens (tertiary/aromatic N) is 2. The van der Waals surface area contributed by atoms with Crippen molar-refractivity contribution in [2.45, 2.75) is 11.8 Å². The maximum Gasteiger partial charge on any atom is 0.277 e. The number of aromatic nitrogens is 2. The predicted octanol–water partition coefficient (Wildman–Crippen LogP) is 3.16. The highest BCUT2D eigenvalue weighted by Crippen LogP contribution is 2.30. The number of nitrogens with one attached hydrogen (secondary N) is 1. The SMILES string of the molecule is COc1cccc(CNC(=O)CSc2nnc(-c3ccccc3OC)o2)c1. The van der Waals surface area contributed by atoms with Crippen molar-refractivity contribution in [3.05, 3.63) is 54.1 Å². The molecule has 0 fully saturated rings. The number of methoxy groups -OCH3 is 2. The number of carbonyl (C=O) groups excluding carboxylic acids is 1. The fourth-order valence-corrected chi connectivity index (χ4v) is 2.95. The van der Waals surface area contributed by atoms with Gasteiger partial charge in [0, 0.05) is 6.54 Å². The van der Waals surface area contributed by atoms with E-state index < -0.39 is 0 Å². The summed E-state index contributed by atoms with van der Waals surface area (Å²) in [6.45, 7) is 0.424. The van der Waals surface area contributed by atoms with Gasteiger partial charge in [0.25, 0.3) is 11.1 Å². The Morgan fingerprint density at radius 2 is 1.96 bits per heavy atom. The third-order valence-corrected chi connectivity index (χ3v) is 4.51. The number of thioether (sulfide) groups is 1. The van der Waals surface area contributed by atoms with Gasteiger partial charge < -0.3 is 19.2 Å². The summed E-state index contributed by atoms with van der Waals surface area (Å²) in [5, 5.41) is 11.2. The molecule has 140 valence electrons. The number of amides is 1. The average Bonchev–Trinajstić information content (AvgIpc) is 3.19. The van der Waals surface area contributed by atoms with Crippen LogP contribution in [-0.4, -0.2) is 36.1 Å². The maximum absolute atomic E-state index is 12.0. The van der Waals surface area contributed by atoms with Gasteiger partial charge >= 0.3 is 0 Å². The summed E-state index contributed by atoms with van der Waals surface area (Å²) < 4.78 is 16.1. The number of ether oxygens (including phenoxy) is 2. The van der Waals surface area contributed by atoms with E-state index in [4.69, 9.17) is 13.9 Å². The van der Waals surface area contributed by atoms with Gasteiger partial charge in [-0.15, -0.1) is 10.2 Å². The Kier molecular flexibility index (Phi) is 6.32. The summed E-state index contributed by atoms with van der Waals surface area (Å²) in [5.74, 6) is 1.81. The number of carbonyl (C=O) groups is 1. The Bertz CT molecular complexity index is 913. The average molecular weight is 385 g/mol. The van der Waals surface area contributed by atoms with Crippen molar-refractivity contribution in [3.8, 4) is 23.0 Å². The van der Waals surface area contributed by atoms with Crippen molar-refractivity contribution >= 4 is 17.7 Å². The molecule has 1 heterocycles. The van der Waals surface area contributed by atoms with Crippen molar-refractivity contribution in [3.63, 3.8) is 0 Å². The zero-order valence-corrected chi connectivity index (χ0v) is 15.8. The van der Waals surface area contributed by atoms with Crippen molar-refractivity contribution in [2.75, 3.05) is 20.0 Å². The van der Waals surface area contributed by atoms with Crippen LogP contribution in [0.1, 0.15) is 5.56 Å². The van der Waals surface area contributed by atoms with Gasteiger partial charge in [-0.25, -0.2) is 0 Å². The normalized spacial score (nSPS) is 10.4. The molecule has 0 radical (unpaired) electrons. The number of hydrogen-bond donors (Lipinski definition) is 1. The fraction of sp³-hybridized carbons (Fsp3) is 0.211. The third kappa shape index (κ3) is 5.01. The highest BCUT2D eigenvalue weighted by atomic mass is 32.2. The van der Waals surface area contributed by atoms with Crippen molar-refractivity contribution in [1.82, 2.24) is 15.5 Å². The summed E-state index contributed by atoms with van der Waals surface area (Å²) in [4.78, 5) is 12.0. The number of para-hydroxylation sites is 1. The minimum atomic E-state index is -0.125. The zero-order valence-electron chi connectivity index (χ0n) is 15.0. The predicted molar refractivity (Wildman–Crippen MR) is 102 cm³/mol. The Labute approximate surface area is 161 Å². The molecule has 0 aliphatic carbocycles. The van der Waals surface area contributed by atoms with Crippen LogP contribution in [0.4, 0.5) is 0 Å². The molecule has 27 heavy (non-hydrogen) atoms. The number of rotatable bonds is 8. The maximum atomic E-state index is 12.0. The molecule has 0 aliphatic rings. The molecule has 3 aromatic rings. The van der Waals surface area contributed by atoms with Gasteiger partial charge in [0.05, 0.1) is 25.5 Å². The number of benzene rings is 2. The standard InChI is InChI=1S/C19H19N3O4S/c1-24-14-7-5-6-13(10-14)11-20-17(23)12-27-19-22-21-18(26-19)15-8-3-4-9-16(15)25-2/h3-10H,11-12H2,1-2H3,(H,20,23). The smallest absolute Gasteiger partial charge is 0.277 e. The molecule has 1 amide bonds. The molecule has 0 bridgehead atoms. The topological polar surface area (TPSA) is 86.5 Å². The lowest BCUT2D eigenvalue weighted by atomic mass is 10.2. The van der Waals surface area contributed by atoms with Gasteiger partial charge in [-0.1, -0.05) is 36.0 Å². The molecule has 0 unspecified atom stereocenters. The molecule has 1 N–H and O–H groups in total. The first-order valence-corrected chi connectivity index (χ1v) is 9.17. The second kappa shape index (κ2) is 9.09. The minimum Gasteiger partial charge on any atom is -0.497 e. The summed E-state index contributed by atoms with van der Waals surface area (Å²) in [7, 11) is 3.19. The third-order valence-electron chi connectivity index (χ3n) is 3.69. The lowest BCUT2D eigenvalue weighted by molar-refractivity contribution is -0.118. The first-order valence-electron chi connectivity index (χ1n) is 8.19. The Morgan fingerprint density at radius 1 is 1.11 bits per heavy atom. The molecule has 0 aliphatic heterocycles. The summed E-state index contributed by atoms with van der Waals surface area (Å²) in [6.07, 6.45) is 0. The van der Waals surface area contributed by atoms with E-state index in [2.05, 4.69) is 15.5 Å². The van der Waals surface area contributed by atoms with E-state index in [1.165, 1.54) is 11.8 Å². The molecular weight excluding hydrogens is 366 g/mol. The van der Waals surface area contributed by atoms with Crippen LogP contribution in [0, 0.1) is 0 Å². The van der Waals surface area contributed by atoms with E-state index in [0.717, 1.165) is 11.3 Å². The van der Waals surface area contributed by atoms with Gasteiger partial charge in [0.15, 0.2) is 0 Å². The highest BCUT2D eigenvalue weighted by Gasteiger charge is 2.14. The van der Waals surface area contributed by atoms with E-state index in [1.54, 1.807) is 14.2 Å². The molecule has 3 rings (SSSR count). The summed E-state index contributed by atoms with van der Waals surface area (Å²) in [6, 6.07) is 14.9. The van der Waals surface area contributed by atoms with E-state index >= 15 is 0 Å². The van der Waals surface area contributed by atoms with Crippen LogP contribution in [0.5, 0.6) is 11.5 Å². The molecule has 7 nitrogen and oxygen atoms in total. The Morgan fingerprint density at radius 3 is 2.78 bits per heavy atom. The van der Waals surface area contributed by atoms with Crippen LogP contribution in [0.3, 0.4) is 0 Å². The monoisotopic (exact) mass is 385 g/mol. The first-order chi connectivity index (χ1) is 13.2. The zero-order chi connectivity index (χ0) is 19.1. The Hall–Kier alpha value is -3.00. The molecular formula is C19H19N3O4S. The van der Waals surface area contributed by atoms with Crippen LogP contribution < -0.4 is 14.8 Å². The van der Waals surface area contributed by atoms with E-state index in [-0.39, 0.29) is 11.7 Å². The highest BCUT2D eigenvalue weighted by molar-refractivity contribution is 7.99. The van der Waals surface area contributed by atoms with Crippen molar-refractivity contribution in [2.24, 2.45) is 0 Å². The second-order valence-electron chi connectivity index (χ2n) is 5.49. The van der Waals surface area contributed by atoms with Crippen molar-refractivity contribution in [1.29, 1.82) is 0 Å². The Balaban J connectivity index is 1.53. The summed E-state index contributed by atoms with van der Waals surface area (Å²) in [5.41, 5.74) is 1.67. The van der Waals surface area contributed by atoms with Crippen LogP contribution in [0.2, 0.25) is 0 Å². The van der Waals surface area contributed by atoms with Crippen LogP contribution in [0.25, 0.3) is 11.5 Å². The molecule has 0 atom stereocenters. The fourth-order valence-electron chi connectivity index (χ4n) is 2.36. The molecule has 0 saturated carbocycles. The van der Waals surface area contributed by atoms with Crippen LogP contribution >= 0.6 is 11.8 Å². The molecule has 0 spiro atoms. The largest absolute Gasteiger partial charge is 0.497 e. The van der Waals surface area contributed by atoms with Gasteiger partial charge in [-0.2, -0.15) is 0 Å². The van der Waals surface area contributed by atoms with E-state index in [0.29, 0.717) is 29.0 Å². The van der Waals surface area contributed by atoms with Gasteiger partial charge in [-0.3, -0.25) is 4.79 Å². The molecule has 1 aromatic heterocycles. The summed E-state index contributed by atoms with van der Waals surface area (Å²) >= 11 is 1.18. The molecule has 2 aromatic carbocycles. The van der Waals surface area contributed by atoms with Gasteiger partial charge in [0.2, 0.25) is 5.91 Å². The van der Waals surface area contributed by atoms with Gasteiger partial charge in [-0.05, 0) is 29.8 Å². The first kappa shape index (κ1) is 18.8. The lowest BCUT2D eigenvalue weighted by Gasteiger charge is -2.06.